The Labute approximate surface area is 114 Å². The SMILES string of the molecule is CCc1cnc(CNC(=O)N(CC(=O)O)CC(=O)O)o1. The molecule has 2 amide bonds. The second kappa shape index (κ2) is 7.12. The molecule has 9 heteroatoms. The molecular weight excluding hydrogens is 270 g/mol. The van der Waals surface area contributed by atoms with Crippen molar-refractivity contribution in [3.8, 4) is 0 Å². The van der Waals surface area contributed by atoms with Gasteiger partial charge in [0.1, 0.15) is 18.8 Å². The predicted octanol–water partition coefficient (Wildman–Crippen LogP) is -0.0822. The van der Waals surface area contributed by atoms with E-state index in [1.54, 1.807) is 0 Å². The van der Waals surface area contributed by atoms with Crippen LogP contribution in [0.1, 0.15) is 18.6 Å². The minimum absolute atomic E-state index is 0.0471. The van der Waals surface area contributed by atoms with Crippen LogP contribution in [0, 0.1) is 0 Å². The van der Waals surface area contributed by atoms with Crippen molar-refractivity contribution in [2.75, 3.05) is 13.1 Å². The molecule has 0 aliphatic carbocycles. The Morgan fingerprint density at radius 2 is 1.90 bits per heavy atom. The zero-order chi connectivity index (χ0) is 15.1. The van der Waals surface area contributed by atoms with Gasteiger partial charge >= 0.3 is 18.0 Å². The summed E-state index contributed by atoms with van der Waals surface area (Å²) in [6.07, 6.45) is 2.18. The molecule has 0 fully saturated rings. The van der Waals surface area contributed by atoms with Crippen LogP contribution in [0.4, 0.5) is 4.79 Å². The Morgan fingerprint density at radius 3 is 2.35 bits per heavy atom. The van der Waals surface area contributed by atoms with E-state index < -0.39 is 31.1 Å². The Hall–Kier alpha value is -2.58. The van der Waals surface area contributed by atoms with Crippen LogP contribution in [0.5, 0.6) is 0 Å². The lowest BCUT2D eigenvalue weighted by Gasteiger charge is -2.18. The molecule has 1 rings (SSSR count). The minimum atomic E-state index is -1.30. The third-order valence-corrected chi connectivity index (χ3v) is 2.28. The highest BCUT2D eigenvalue weighted by atomic mass is 16.4. The lowest BCUT2D eigenvalue weighted by atomic mass is 10.4. The Kier molecular flexibility index (Phi) is 5.51. The number of nitrogens with zero attached hydrogens (tertiary/aromatic N) is 2. The molecule has 1 aromatic rings. The van der Waals surface area contributed by atoms with E-state index in [1.165, 1.54) is 6.20 Å². The third-order valence-electron chi connectivity index (χ3n) is 2.28. The zero-order valence-corrected chi connectivity index (χ0v) is 10.8. The van der Waals surface area contributed by atoms with Gasteiger partial charge in [0.15, 0.2) is 0 Å². The van der Waals surface area contributed by atoms with E-state index in [2.05, 4.69) is 10.3 Å². The standard InChI is InChI=1S/C11H15N3O6/c1-2-7-3-12-8(20-7)4-13-11(19)14(5-9(15)16)6-10(17)18/h3H,2,4-6H2,1H3,(H,13,19)(H,15,16)(H,17,18). The number of aliphatic carboxylic acids is 2. The summed E-state index contributed by atoms with van der Waals surface area (Å²) in [5, 5.41) is 19.6. The first-order valence-corrected chi connectivity index (χ1v) is 5.82. The van der Waals surface area contributed by atoms with Crippen molar-refractivity contribution >= 4 is 18.0 Å². The van der Waals surface area contributed by atoms with Crippen LogP contribution in [-0.4, -0.2) is 51.2 Å². The van der Waals surface area contributed by atoms with Gasteiger partial charge in [-0.15, -0.1) is 0 Å². The number of carbonyl (C=O) groups is 3. The number of amides is 2. The van der Waals surface area contributed by atoms with E-state index >= 15 is 0 Å². The highest BCUT2D eigenvalue weighted by Gasteiger charge is 2.19. The van der Waals surface area contributed by atoms with Crippen molar-refractivity contribution in [3.63, 3.8) is 0 Å². The molecule has 9 nitrogen and oxygen atoms in total. The van der Waals surface area contributed by atoms with Gasteiger partial charge < -0.3 is 24.8 Å². The Balaban J connectivity index is 2.56. The average Bonchev–Trinajstić information content (AvgIpc) is 2.82. The van der Waals surface area contributed by atoms with E-state index in [4.69, 9.17) is 14.6 Å². The van der Waals surface area contributed by atoms with E-state index in [0.717, 1.165) is 0 Å². The first kappa shape index (κ1) is 15.5. The van der Waals surface area contributed by atoms with Gasteiger partial charge in [-0.2, -0.15) is 0 Å². The number of carboxylic acids is 2. The van der Waals surface area contributed by atoms with Gasteiger partial charge in [-0.25, -0.2) is 9.78 Å². The normalized spacial score (nSPS) is 10.1. The highest BCUT2D eigenvalue weighted by molar-refractivity contribution is 5.83. The van der Waals surface area contributed by atoms with Crippen LogP contribution < -0.4 is 5.32 Å². The number of oxazole rings is 1. The van der Waals surface area contributed by atoms with Crippen LogP contribution in [0.25, 0.3) is 0 Å². The molecule has 0 aromatic carbocycles. The zero-order valence-electron chi connectivity index (χ0n) is 10.8. The van der Waals surface area contributed by atoms with Crippen LogP contribution in [0.15, 0.2) is 10.6 Å². The number of carbonyl (C=O) groups excluding carboxylic acids is 1. The molecule has 3 N–H and O–H groups in total. The largest absolute Gasteiger partial charge is 0.480 e. The quantitative estimate of drug-likeness (QED) is 0.637. The summed E-state index contributed by atoms with van der Waals surface area (Å²) in [6.45, 7) is 0.423. The Morgan fingerprint density at radius 1 is 1.30 bits per heavy atom. The predicted molar refractivity (Wildman–Crippen MR) is 65.0 cm³/mol. The molecule has 20 heavy (non-hydrogen) atoms. The molecule has 110 valence electrons. The van der Waals surface area contributed by atoms with E-state index in [-0.39, 0.29) is 12.4 Å². The lowest BCUT2D eigenvalue weighted by Crippen LogP contribution is -2.45. The molecule has 1 aromatic heterocycles. The second-order valence-corrected chi connectivity index (χ2v) is 3.88. The van der Waals surface area contributed by atoms with Crippen LogP contribution in [0.2, 0.25) is 0 Å². The second-order valence-electron chi connectivity index (χ2n) is 3.88. The molecule has 0 saturated heterocycles. The van der Waals surface area contributed by atoms with Crippen molar-refractivity contribution in [2.24, 2.45) is 0 Å². The minimum Gasteiger partial charge on any atom is -0.480 e. The van der Waals surface area contributed by atoms with Crippen LogP contribution in [-0.2, 0) is 22.6 Å². The molecular formula is C11H15N3O6. The van der Waals surface area contributed by atoms with Crippen molar-refractivity contribution in [1.82, 2.24) is 15.2 Å². The molecule has 0 saturated carbocycles. The first-order valence-electron chi connectivity index (χ1n) is 5.82. The summed E-state index contributed by atoms with van der Waals surface area (Å²) in [5.41, 5.74) is 0. The summed E-state index contributed by atoms with van der Waals surface area (Å²) < 4.78 is 5.25. The molecule has 0 atom stereocenters. The van der Waals surface area contributed by atoms with Crippen LogP contribution in [0.3, 0.4) is 0 Å². The average molecular weight is 285 g/mol. The number of rotatable bonds is 7. The fraction of sp³-hybridized carbons (Fsp3) is 0.455. The number of hydrogen-bond donors (Lipinski definition) is 3. The topological polar surface area (TPSA) is 133 Å². The number of carboxylic acid groups (broad SMARTS) is 2. The third kappa shape index (κ3) is 4.96. The Bertz CT molecular complexity index is 482. The fourth-order valence-corrected chi connectivity index (χ4v) is 1.38. The molecule has 0 unspecified atom stereocenters. The number of aryl methyl sites for hydroxylation is 1. The van der Waals surface area contributed by atoms with Gasteiger partial charge in [0, 0.05) is 6.42 Å². The maximum absolute atomic E-state index is 11.7. The number of hydrogen-bond acceptors (Lipinski definition) is 5. The number of aromatic nitrogens is 1. The van der Waals surface area contributed by atoms with Gasteiger partial charge in [0.25, 0.3) is 0 Å². The van der Waals surface area contributed by atoms with E-state index in [0.29, 0.717) is 17.1 Å². The van der Waals surface area contributed by atoms with E-state index in [9.17, 15) is 14.4 Å². The smallest absolute Gasteiger partial charge is 0.323 e. The summed E-state index contributed by atoms with van der Waals surface area (Å²) in [6, 6.07) is -0.814. The van der Waals surface area contributed by atoms with Crippen molar-refractivity contribution in [2.45, 2.75) is 19.9 Å². The summed E-state index contributed by atoms with van der Waals surface area (Å²) in [5.74, 6) is -1.68. The van der Waals surface area contributed by atoms with Gasteiger partial charge in [0.05, 0.1) is 12.7 Å². The maximum atomic E-state index is 11.7. The van der Waals surface area contributed by atoms with Gasteiger partial charge in [-0.05, 0) is 0 Å². The molecule has 1 heterocycles. The van der Waals surface area contributed by atoms with Gasteiger partial charge in [-0.1, -0.05) is 6.92 Å². The summed E-state index contributed by atoms with van der Waals surface area (Å²) in [7, 11) is 0. The molecule has 0 radical (unpaired) electrons. The maximum Gasteiger partial charge on any atom is 0.323 e. The highest BCUT2D eigenvalue weighted by Crippen LogP contribution is 2.03. The fourth-order valence-electron chi connectivity index (χ4n) is 1.38. The first-order chi connectivity index (χ1) is 9.42. The summed E-state index contributed by atoms with van der Waals surface area (Å²) in [4.78, 5) is 37.4. The summed E-state index contributed by atoms with van der Waals surface area (Å²) >= 11 is 0. The molecule has 0 aliphatic rings. The molecule has 0 aliphatic heterocycles. The van der Waals surface area contributed by atoms with Crippen molar-refractivity contribution in [1.29, 1.82) is 0 Å². The van der Waals surface area contributed by atoms with Crippen molar-refractivity contribution < 1.29 is 29.0 Å². The lowest BCUT2D eigenvalue weighted by molar-refractivity contribution is -0.140. The molecule has 0 bridgehead atoms. The monoisotopic (exact) mass is 285 g/mol. The van der Waals surface area contributed by atoms with Gasteiger partial charge in [-0.3, -0.25) is 9.59 Å². The number of urea groups is 1. The number of nitrogens with one attached hydrogen (secondary N) is 1. The van der Waals surface area contributed by atoms with Crippen molar-refractivity contribution in [3.05, 3.63) is 17.8 Å². The molecule has 0 spiro atoms. The van der Waals surface area contributed by atoms with E-state index in [1.807, 2.05) is 6.92 Å². The van der Waals surface area contributed by atoms with Gasteiger partial charge in [0.2, 0.25) is 5.89 Å². The van der Waals surface area contributed by atoms with Crippen LogP contribution >= 0.6 is 0 Å².